The summed E-state index contributed by atoms with van der Waals surface area (Å²) in [5, 5.41) is 17.5. The average molecular weight is 605 g/mol. The van der Waals surface area contributed by atoms with Crippen molar-refractivity contribution in [1.82, 2.24) is 15.2 Å². The molecule has 1 saturated heterocycles. The second-order valence-corrected chi connectivity index (χ2v) is 11.2. The van der Waals surface area contributed by atoms with E-state index in [1.807, 2.05) is 20.8 Å². The summed E-state index contributed by atoms with van der Waals surface area (Å²) < 4.78 is 17.3. The number of rotatable bonds is 9. The smallest absolute Gasteiger partial charge is 0.415 e. The predicted molar refractivity (Wildman–Crippen MR) is 170 cm³/mol. The van der Waals surface area contributed by atoms with Gasteiger partial charge in [-0.05, 0) is 51.0 Å². The third-order valence-electron chi connectivity index (χ3n) is 7.11. The summed E-state index contributed by atoms with van der Waals surface area (Å²) in [7, 11) is 3.23. The fourth-order valence-electron chi connectivity index (χ4n) is 4.87. The molecule has 3 aromatic rings. The first-order valence-electron chi connectivity index (χ1n) is 14.0. The molecule has 0 atom stereocenters. The van der Waals surface area contributed by atoms with Gasteiger partial charge in [0.05, 0.1) is 40.3 Å². The molecule has 43 heavy (non-hydrogen) atoms. The zero-order valence-corrected chi connectivity index (χ0v) is 26.1. The van der Waals surface area contributed by atoms with Crippen molar-refractivity contribution < 1.29 is 19.0 Å². The monoisotopic (exact) mass is 604 g/mol. The molecule has 226 valence electrons. The van der Waals surface area contributed by atoms with Crippen LogP contribution in [0.15, 0.2) is 53.2 Å². The van der Waals surface area contributed by atoms with E-state index in [1.54, 1.807) is 42.3 Å². The first kappa shape index (κ1) is 31.6. The van der Waals surface area contributed by atoms with Crippen LogP contribution in [-0.2, 0) is 0 Å². The van der Waals surface area contributed by atoms with E-state index in [0.717, 1.165) is 17.7 Å². The molecule has 1 fully saturated rings. The Labute approximate surface area is 257 Å². The minimum absolute atomic E-state index is 0.218. The highest BCUT2D eigenvalue weighted by molar-refractivity contribution is 6.33. The molecular weight excluding hydrogens is 568 g/mol. The van der Waals surface area contributed by atoms with Crippen LogP contribution in [0.2, 0.25) is 5.02 Å². The minimum atomic E-state index is -0.470. The van der Waals surface area contributed by atoms with E-state index in [4.69, 9.17) is 25.8 Å². The van der Waals surface area contributed by atoms with Gasteiger partial charge in [-0.2, -0.15) is 5.26 Å². The number of hydrogen-bond acceptors (Lipinski definition) is 9. The maximum Gasteiger partial charge on any atom is 0.415 e. The van der Waals surface area contributed by atoms with Crippen molar-refractivity contribution in [1.29, 1.82) is 5.26 Å². The van der Waals surface area contributed by atoms with Gasteiger partial charge in [0, 0.05) is 55.9 Å². The van der Waals surface area contributed by atoms with Crippen LogP contribution < -0.4 is 24.8 Å². The van der Waals surface area contributed by atoms with E-state index >= 15 is 0 Å². The lowest BCUT2D eigenvalue weighted by Crippen LogP contribution is -2.58. The Bertz CT molecular complexity index is 1610. The number of piperazine rings is 1. The molecule has 0 unspecified atom stereocenters. The van der Waals surface area contributed by atoms with Gasteiger partial charge in [-0.3, -0.25) is 9.98 Å². The molecule has 0 saturated carbocycles. The van der Waals surface area contributed by atoms with E-state index in [-0.39, 0.29) is 11.3 Å². The first-order valence-corrected chi connectivity index (χ1v) is 14.4. The molecule has 10 nitrogen and oxygen atoms in total. The first-order chi connectivity index (χ1) is 20.6. The fraction of sp³-hybridized carbons (Fsp3) is 0.375. The molecule has 2 heterocycles. The number of carbonyl (C=O) groups excluding carboxylic acids is 1. The summed E-state index contributed by atoms with van der Waals surface area (Å²) in [6, 6.07) is 10.8. The van der Waals surface area contributed by atoms with Crippen LogP contribution >= 0.6 is 11.6 Å². The average Bonchev–Trinajstić information content (AvgIpc) is 2.98. The van der Waals surface area contributed by atoms with E-state index in [9.17, 15) is 10.1 Å². The number of benzene rings is 2. The lowest BCUT2D eigenvalue weighted by molar-refractivity contribution is 0.118. The molecule has 0 aliphatic carbocycles. The van der Waals surface area contributed by atoms with Crippen LogP contribution in [0.25, 0.3) is 10.9 Å². The molecule has 1 aromatic heterocycles. The summed E-state index contributed by atoms with van der Waals surface area (Å²) in [5.74, 6) is 1.14. The molecule has 1 aliphatic rings. The fourth-order valence-corrected chi connectivity index (χ4v) is 5.08. The Morgan fingerprint density at radius 1 is 1.30 bits per heavy atom. The lowest BCUT2D eigenvalue weighted by Gasteiger charge is -2.38. The third kappa shape index (κ3) is 7.55. The number of carbonyl (C=O) groups is 1. The maximum atomic E-state index is 13.0. The number of amides is 1. The largest absolute Gasteiger partial charge is 0.493 e. The van der Waals surface area contributed by atoms with E-state index in [1.165, 1.54) is 13.3 Å². The summed E-state index contributed by atoms with van der Waals surface area (Å²) >= 11 is 6.65. The van der Waals surface area contributed by atoms with E-state index in [2.05, 4.69) is 39.7 Å². The van der Waals surface area contributed by atoms with Gasteiger partial charge in [-0.1, -0.05) is 24.6 Å². The topological polar surface area (TPSA) is 121 Å². The number of ether oxygens (including phenoxy) is 3. The van der Waals surface area contributed by atoms with Gasteiger partial charge in [0.2, 0.25) is 0 Å². The number of allylic oxidation sites excluding steroid dienone is 1. The van der Waals surface area contributed by atoms with Crippen molar-refractivity contribution >= 4 is 45.7 Å². The Morgan fingerprint density at radius 3 is 2.74 bits per heavy atom. The minimum Gasteiger partial charge on any atom is -0.493 e. The number of aliphatic imine (C=N–C) groups is 1. The second kappa shape index (κ2) is 13.8. The molecule has 2 aromatic carbocycles. The Hall–Kier alpha value is -4.33. The third-order valence-corrected chi connectivity index (χ3v) is 7.42. The molecule has 1 amide bonds. The van der Waals surface area contributed by atoms with Gasteiger partial charge in [0.15, 0.2) is 11.5 Å². The second-order valence-electron chi connectivity index (χ2n) is 10.8. The van der Waals surface area contributed by atoms with Crippen LogP contribution in [0.5, 0.6) is 17.2 Å². The highest BCUT2D eigenvalue weighted by Gasteiger charge is 2.30. The van der Waals surface area contributed by atoms with Gasteiger partial charge < -0.3 is 29.7 Å². The van der Waals surface area contributed by atoms with Gasteiger partial charge in [-0.25, -0.2) is 4.79 Å². The predicted octanol–water partition coefficient (Wildman–Crippen LogP) is 6.50. The number of nitrogens with zero attached hydrogens (tertiary/aromatic N) is 4. The van der Waals surface area contributed by atoms with Crippen molar-refractivity contribution in [3.8, 4) is 23.3 Å². The number of fused-ring (bicyclic) bond motifs is 1. The standard InChI is InChI=1S/C32H37ClN6O4/c1-7-8-20(2)27(35-5)18-42-22-9-10-25(24(33)13-22)38-30-21(16-34)17-36-26-15-29(28(41-6)14-23(26)30)43-31(40)39-12-11-37-32(3,4)19-39/h8-10,13-15,17,37H,7,11-12,18-19H2,1-6H3,(H,36,38)/b20-8-,35-27?. The molecule has 1 aliphatic heterocycles. The molecule has 0 radical (unpaired) electrons. The Morgan fingerprint density at radius 2 is 2.09 bits per heavy atom. The van der Waals surface area contributed by atoms with Crippen LogP contribution in [0.1, 0.15) is 39.7 Å². The maximum absolute atomic E-state index is 13.0. The van der Waals surface area contributed by atoms with Crippen LogP contribution in [-0.4, -0.2) is 67.6 Å². The van der Waals surface area contributed by atoms with Crippen molar-refractivity contribution in [2.75, 3.05) is 45.7 Å². The molecule has 2 N–H and O–H groups in total. The highest BCUT2D eigenvalue weighted by Crippen LogP contribution is 2.39. The number of anilines is 2. The summed E-state index contributed by atoms with van der Waals surface area (Å²) in [6.07, 6.45) is 4.01. The van der Waals surface area contributed by atoms with Crippen molar-refractivity contribution in [2.45, 2.75) is 39.7 Å². The van der Waals surface area contributed by atoms with Crippen LogP contribution in [0.4, 0.5) is 16.2 Å². The number of hydrogen-bond donors (Lipinski definition) is 2. The summed E-state index contributed by atoms with van der Waals surface area (Å²) in [4.78, 5) is 23.4. The molecule has 11 heteroatoms. The lowest BCUT2D eigenvalue weighted by atomic mass is 10.0. The van der Waals surface area contributed by atoms with Gasteiger partial charge >= 0.3 is 6.09 Å². The number of nitriles is 1. The van der Waals surface area contributed by atoms with Gasteiger partial charge in [0.1, 0.15) is 18.4 Å². The molecule has 0 bridgehead atoms. The van der Waals surface area contributed by atoms with E-state index in [0.29, 0.717) is 70.6 Å². The molecular formula is C32H37ClN6O4. The Kier molecular flexibility index (Phi) is 10.1. The number of halogens is 1. The quantitative estimate of drug-likeness (QED) is 0.265. The van der Waals surface area contributed by atoms with E-state index < -0.39 is 6.09 Å². The number of methoxy groups -OCH3 is 1. The van der Waals surface area contributed by atoms with Gasteiger partial charge in [-0.15, -0.1) is 0 Å². The summed E-state index contributed by atoms with van der Waals surface area (Å²) in [6.45, 7) is 10.2. The van der Waals surface area contributed by atoms with Crippen LogP contribution in [0.3, 0.4) is 0 Å². The molecule has 4 rings (SSSR count). The zero-order valence-electron chi connectivity index (χ0n) is 25.4. The number of aromatic nitrogens is 1. The Balaban J connectivity index is 1.60. The highest BCUT2D eigenvalue weighted by atomic mass is 35.5. The van der Waals surface area contributed by atoms with Crippen LogP contribution in [0, 0.1) is 11.3 Å². The molecule has 0 spiro atoms. The van der Waals surface area contributed by atoms with Crippen molar-refractivity contribution in [3.63, 3.8) is 0 Å². The number of nitrogens with one attached hydrogen (secondary N) is 2. The number of pyridine rings is 1. The van der Waals surface area contributed by atoms with Crippen molar-refractivity contribution in [2.24, 2.45) is 4.99 Å². The normalized spacial score (nSPS) is 15.2. The van der Waals surface area contributed by atoms with Crippen molar-refractivity contribution in [3.05, 3.63) is 58.8 Å². The van der Waals surface area contributed by atoms with Gasteiger partial charge in [0.25, 0.3) is 0 Å². The summed E-state index contributed by atoms with van der Waals surface area (Å²) in [5.41, 5.74) is 3.58. The zero-order chi connectivity index (χ0) is 31.1. The SMILES string of the molecule is CC/C=C(/C)C(COc1ccc(Nc2c(C#N)cnc3cc(OC(=O)N4CCNC(C)(C)C4)c(OC)cc23)c(Cl)c1)=NC.